The van der Waals surface area contributed by atoms with E-state index in [0.717, 1.165) is 13.0 Å². The summed E-state index contributed by atoms with van der Waals surface area (Å²) in [7, 11) is 0. The minimum absolute atomic E-state index is 0.0877. The molecule has 1 saturated carbocycles. The molecule has 0 aromatic heterocycles. The second-order valence-corrected chi connectivity index (χ2v) is 5.96. The van der Waals surface area contributed by atoms with Gasteiger partial charge in [-0.3, -0.25) is 10.1 Å². The molecule has 1 aliphatic rings. The highest BCUT2D eigenvalue weighted by molar-refractivity contribution is 6.39. The monoisotopic (exact) mass is 302 g/mol. The number of benzene rings is 1. The largest absolute Gasteiger partial charge is 0.382 e. The normalized spacial score (nSPS) is 16.2. The van der Waals surface area contributed by atoms with Crippen LogP contribution in [0.2, 0.25) is 10.0 Å². The van der Waals surface area contributed by atoms with Crippen molar-refractivity contribution in [1.82, 2.24) is 0 Å². The van der Waals surface area contributed by atoms with Crippen LogP contribution in [0.3, 0.4) is 0 Å². The lowest BCUT2D eigenvalue weighted by Crippen LogP contribution is -2.15. The molecule has 2 rings (SSSR count). The van der Waals surface area contributed by atoms with E-state index >= 15 is 0 Å². The van der Waals surface area contributed by atoms with E-state index in [2.05, 4.69) is 12.2 Å². The number of nitro groups is 1. The molecule has 0 atom stereocenters. The van der Waals surface area contributed by atoms with E-state index in [0.29, 0.717) is 21.1 Å². The lowest BCUT2D eigenvalue weighted by atomic mass is 10.0. The first-order valence-corrected chi connectivity index (χ1v) is 7.10. The molecule has 1 fully saturated rings. The Morgan fingerprint density at radius 2 is 1.95 bits per heavy atom. The van der Waals surface area contributed by atoms with Gasteiger partial charge in [0.1, 0.15) is 0 Å². The first-order valence-electron chi connectivity index (χ1n) is 6.35. The first-order chi connectivity index (χ1) is 8.97. The summed E-state index contributed by atoms with van der Waals surface area (Å²) in [5, 5.41) is 14.5. The molecule has 0 radical (unpaired) electrons. The van der Waals surface area contributed by atoms with E-state index in [1.165, 1.54) is 31.4 Å². The molecule has 4 nitrogen and oxygen atoms in total. The highest BCUT2D eigenvalue weighted by Crippen LogP contribution is 2.50. The van der Waals surface area contributed by atoms with Crippen molar-refractivity contribution in [2.24, 2.45) is 5.41 Å². The fourth-order valence-electron chi connectivity index (χ4n) is 2.33. The lowest BCUT2D eigenvalue weighted by Gasteiger charge is -2.17. The zero-order valence-corrected chi connectivity index (χ0v) is 12.2. The highest BCUT2D eigenvalue weighted by atomic mass is 35.5. The molecule has 0 spiro atoms. The lowest BCUT2D eigenvalue weighted by molar-refractivity contribution is -0.384. The van der Waals surface area contributed by atoms with Crippen LogP contribution in [0, 0.1) is 15.5 Å². The summed E-state index contributed by atoms with van der Waals surface area (Å²) < 4.78 is 0. The molecule has 6 heteroatoms. The standard InChI is InChI=1S/C13H16Cl2N2O2/c1-2-3-13(4-5-13)8-16-12-10(14)6-9(17(18)19)7-11(12)15/h6-7,16H,2-5,8H2,1H3. The Labute approximate surface area is 122 Å². The van der Waals surface area contributed by atoms with Crippen molar-refractivity contribution in [2.45, 2.75) is 32.6 Å². The maximum absolute atomic E-state index is 10.7. The number of nitrogens with one attached hydrogen (secondary N) is 1. The van der Waals surface area contributed by atoms with Crippen molar-refractivity contribution in [1.29, 1.82) is 0 Å². The Kier molecular flexibility index (Phi) is 4.21. The van der Waals surface area contributed by atoms with Crippen LogP contribution >= 0.6 is 23.2 Å². The summed E-state index contributed by atoms with van der Waals surface area (Å²) >= 11 is 12.1. The third kappa shape index (κ3) is 3.31. The van der Waals surface area contributed by atoms with Gasteiger partial charge in [-0.1, -0.05) is 36.5 Å². The van der Waals surface area contributed by atoms with Crippen LogP contribution in [0.15, 0.2) is 12.1 Å². The van der Waals surface area contributed by atoms with Gasteiger partial charge in [0.2, 0.25) is 0 Å². The van der Waals surface area contributed by atoms with E-state index in [-0.39, 0.29) is 5.69 Å². The Hall–Kier alpha value is -1.00. The van der Waals surface area contributed by atoms with Gasteiger partial charge >= 0.3 is 0 Å². The molecule has 0 amide bonds. The number of rotatable bonds is 6. The molecular formula is C13H16Cl2N2O2. The van der Waals surface area contributed by atoms with Crippen molar-refractivity contribution in [3.8, 4) is 0 Å². The molecule has 0 saturated heterocycles. The number of nitro benzene ring substituents is 1. The molecular weight excluding hydrogens is 287 g/mol. The average Bonchev–Trinajstić information content (AvgIpc) is 3.08. The van der Waals surface area contributed by atoms with E-state index in [1.807, 2.05) is 0 Å². The highest BCUT2D eigenvalue weighted by Gasteiger charge is 2.41. The second-order valence-electron chi connectivity index (χ2n) is 5.15. The van der Waals surface area contributed by atoms with Gasteiger partial charge in [-0.15, -0.1) is 0 Å². The molecule has 0 unspecified atom stereocenters. The minimum Gasteiger partial charge on any atom is -0.382 e. The molecule has 1 aliphatic carbocycles. The molecule has 1 N–H and O–H groups in total. The van der Waals surface area contributed by atoms with Crippen LogP contribution < -0.4 is 5.32 Å². The minimum atomic E-state index is -0.499. The van der Waals surface area contributed by atoms with Crippen LogP contribution in [-0.2, 0) is 0 Å². The van der Waals surface area contributed by atoms with Crippen molar-refractivity contribution < 1.29 is 4.92 Å². The number of hydrogen-bond donors (Lipinski definition) is 1. The second kappa shape index (κ2) is 5.55. The molecule has 104 valence electrons. The van der Waals surface area contributed by atoms with E-state index in [9.17, 15) is 10.1 Å². The van der Waals surface area contributed by atoms with Gasteiger partial charge < -0.3 is 5.32 Å². The molecule has 0 heterocycles. The average molecular weight is 303 g/mol. The van der Waals surface area contributed by atoms with Crippen molar-refractivity contribution in [3.63, 3.8) is 0 Å². The maximum atomic E-state index is 10.7. The van der Waals surface area contributed by atoms with E-state index in [4.69, 9.17) is 23.2 Å². The predicted octanol–water partition coefficient (Wildman–Crippen LogP) is 4.89. The zero-order valence-electron chi connectivity index (χ0n) is 10.7. The van der Waals surface area contributed by atoms with Gasteiger partial charge in [-0.05, 0) is 24.7 Å². The van der Waals surface area contributed by atoms with Crippen LogP contribution in [0.25, 0.3) is 0 Å². The van der Waals surface area contributed by atoms with Gasteiger partial charge in [-0.2, -0.15) is 0 Å². The first kappa shape index (κ1) is 14.4. The number of non-ortho nitro benzene ring substituents is 1. The van der Waals surface area contributed by atoms with Crippen molar-refractivity contribution >= 4 is 34.6 Å². The predicted molar refractivity (Wildman–Crippen MR) is 78.2 cm³/mol. The molecule has 0 aliphatic heterocycles. The summed E-state index contributed by atoms with van der Waals surface area (Å²) in [6, 6.07) is 2.66. The third-order valence-electron chi connectivity index (χ3n) is 3.62. The number of nitrogens with zero attached hydrogens (tertiary/aromatic N) is 1. The van der Waals surface area contributed by atoms with Gasteiger partial charge in [0.05, 0.1) is 20.7 Å². The molecule has 19 heavy (non-hydrogen) atoms. The fourth-order valence-corrected chi connectivity index (χ4v) is 2.94. The third-order valence-corrected chi connectivity index (χ3v) is 4.21. The van der Waals surface area contributed by atoms with E-state index in [1.54, 1.807) is 0 Å². The summed E-state index contributed by atoms with van der Waals surface area (Å²) in [6.07, 6.45) is 4.78. The van der Waals surface area contributed by atoms with Gasteiger partial charge in [0, 0.05) is 18.7 Å². The quantitative estimate of drug-likeness (QED) is 0.601. The zero-order chi connectivity index (χ0) is 14.0. The van der Waals surface area contributed by atoms with E-state index < -0.39 is 4.92 Å². The molecule has 1 aromatic carbocycles. The molecule has 1 aromatic rings. The number of halogens is 2. The van der Waals surface area contributed by atoms with Crippen LogP contribution in [0.4, 0.5) is 11.4 Å². The van der Waals surface area contributed by atoms with Gasteiger partial charge in [0.25, 0.3) is 5.69 Å². The van der Waals surface area contributed by atoms with Crippen molar-refractivity contribution in [3.05, 3.63) is 32.3 Å². The molecule has 0 bridgehead atoms. The summed E-state index contributed by atoms with van der Waals surface area (Å²) in [6.45, 7) is 2.99. The Balaban J connectivity index is 2.11. The SMILES string of the molecule is CCCC1(CNc2c(Cl)cc([N+](=O)[O-])cc2Cl)CC1. The Morgan fingerprint density at radius 1 is 1.37 bits per heavy atom. The van der Waals surface area contributed by atoms with Crippen LogP contribution in [0.5, 0.6) is 0 Å². The van der Waals surface area contributed by atoms with Gasteiger partial charge in [-0.25, -0.2) is 0 Å². The summed E-state index contributed by atoms with van der Waals surface area (Å²) in [5.74, 6) is 0. The maximum Gasteiger partial charge on any atom is 0.272 e. The summed E-state index contributed by atoms with van der Waals surface area (Å²) in [4.78, 5) is 10.2. The Morgan fingerprint density at radius 3 is 2.37 bits per heavy atom. The smallest absolute Gasteiger partial charge is 0.272 e. The van der Waals surface area contributed by atoms with Crippen LogP contribution in [0.1, 0.15) is 32.6 Å². The fraction of sp³-hybridized carbons (Fsp3) is 0.538. The number of hydrogen-bond acceptors (Lipinski definition) is 3. The van der Waals surface area contributed by atoms with Crippen LogP contribution in [-0.4, -0.2) is 11.5 Å². The topological polar surface area (TPSA) is 55.2 Å². The van der Waals surface area contributed by atoms with Crippen molar-refractivity contribution in [2.75, 3.05) is 11.9 Å². The number of anilines is 1. The summed E-state index contributed by atoms with van der Waals surface area (Å²) in [5.41, 5.74) is 0.870. The Bertz CT molecular complexity index is 478. The van der Waals surface area contributed by atoms with Gasteiger partial charge in [0.15, 0.2) is 0 Å².